The van der Waals surface area contributed by atoms with Crippen molar-refractivity contribution in [3.8, 4) is 5.75 Å². The lowest BCUT2D eigenvalue weighted by molar-refractivity contribution is 0.369. The van der Waals surface area contributed by atoms with Crippen LogP contribution in [0.15, 0.2) is 28.8 Å². The number of benzene rings is 1. The minimum atomic E-state index is 0.464. The molecular weight excluding hydrogens is 254 g/mol. The Morgan fingerprint density at radius 3 is 2.85 bits per heavy atom. The zero-order valence-electron chi connectivity index (χ0n) is 12.2. The molecule has 0 radical (unpaired) electrons. The normalized spacial score (nSPS) is 11.0. The molecule has 0 saturated carbocycles. The number of aromatic nitrogens is 2. The van der Waals surface area contributed by atoms with Gasteiger partial charge in [0.15, 0.2) is 5.82 Å². The molecule has 0 fully saturated rings. The van der Waals surface area contributed by atoms with Gasteiger partial charge in [-0.25, -0.2) is 0 Å². The average Bonchev–Trinajstić information content (AvgIpc) is 2.86. The summed E-state index contributed by atoms with van der Waals surface area (Å²) < 4.78 is 10.6. The van der Waals surface area contributed by atoms with Crippen LogP contribution in [0.5, 0.6) is 5.75 Å². The van der Waals surface area contributed by atoms with Crippen LogP contribution in [0.1, 0.15) is 31.1 Å². The van der Waals surface area contributed by atoms with E-state index in [4.69, 9.17) is 9.26 Å². The quantitative estimate of drug-likeness (QED) is 0.839. The van der Waals surface area contributed by atoms with Crippen LogP contribution in [0, 0.1) is 0 Å². The van der Waals surface area contributed by atoms with E-state index in [1.807, 2.05) is 24.3 Å². The number of hydrogen-bond donors (Lipinski definition) is 1. The van der Waals surface area contributed by atoms with Gasteiger partial charge in [0.25, 0.3) is 0 Å². The summed E-state index contributed by atoms with van der Waals surface area (Å²) in [4.78, 5) is 4.40. The van der Waals surface area contributed by atoms with Crippen LogP contribution < -0.4 is 10.1 Å². The fourth-order valence-electron chi connectivity index (χ4n) is 1.95. The average molecular weight is 275 g/mol. The third-order valence-corrected chi connectivity index (χ3v) is 2.94. The zero-order valence-corrected chi connectivity index (χ0v) is 12.2. The van der Waals surface area contributed by atoms with E-state index in [0.29, 0.717) is 24.2 Å². The number of nitrogens with one attached hydrogen (secondary N) is 1. The number of para-hydroxylation sites is 1. The second-order valence-corrected chi connectivity index (χ2v) is 4.95. The fraction of sp³-hybridized carbons (Fsp3) is 0.467. The monoisotopic (exact) mass is 275 g/mol. The summed E-state index contributed by atoms with van der Waals surface area (Å²) in [6.45, 7) is 5.07. The van der Waals surface area contributed by atoms with Crippen molar-refractivity contribution in [2.24, 2.45) is 0 Å². The van der Waals surface area contributed by atoms with E-state index in [-0.39, 0.29) is 0 Å². The molecule has 5 heteroatoms. The molecule has 0 aliphatic carbocycles. The highest BCUT2D eigenvalue weighted by molar-refractivity contribution is 5.35. The minimum absolute atomic E-state index is 0.464. The molecule has 0 bridgehead atoms. The summed E-state index contributed by atoms with van der Waals surface area (Å²) in [7, 11) is 1.66. The Balaban J connectivity index is 1.95. The lowest BCUT2D eigenvalue weighted by Crippen LogP contribution is -2.25. The number of methoxy groups -OCH3 is 1. The highest BCUT2D eigenvalue weighted by Gasteiger charge is 2.10. The lowest BCUT2D eigenvalue weighted by Gasteiger charge is -2.05. The Bertz CT molecular complexity index is 537. The van der Waals surface area contributed by atoms with Crippen molar-refractivity contribution in [2.45, 2.75) is 32.7 Å². The van der Waals surface area contributed by atoms with Gasteiger partial charge >= 0.3 is 0 Å². The van der Waals surface area contributed by atoms with E-state index in [0.717, 1.165) is 24.3 Å². The second kappa shape index (κ2) is 7.05. The highest BCUT2D eigenvalue weighted by Crippen LogP contribution is 2.19. The topological polar surface area (TPSA) is 60.2 Å². The molecule has 0 unspecified atom stereocenters. The smallest absolute Gasteiger partial charge is 0.227 e. The molecule has 1 aromatic heterocycles. The van der Waals surface area contributed by atoms with Crippen molar-refractivity contribution in [2.75, 3.05) is 13.7 Å². The van der Waals surface area contributed by atoms with Crippen molar-refractivity contribution in [3.63, 3.8) is 0 Å². The van der Waals surface area contributed by atoms with Crippen LogP contribution in [0.4, 0.5) is 0 Å². The SMILES string of the molecule is COc1ccccc1Cc1noc(CCNC(C)C)n1. The summed E-state index contributed by atoms with van der Waals surface area (Å²) in [6, 6.07) is 8.33. The molecule has 2 aromatic rings. The van der Waals surface area contributed by atoms with Gasteiger partial charge in [-0.2, -0.15) is 4.98 Å². The van der Waals surface area contributed by atoms with Crippen LogP contribution in [-0.2, 0) is 12.8 Å². The number of ether oxygens (including phenoxy) is 1. The molecule has 1 heterocycles. The Kier molecular flexibility index (Phi) is 5.12. The first-order valence-electron chi connectivity index (χ1n) is 6.85. The van der Waals surface area contributed by atoms with Gasteiger partial charge in [0, 0.05) is 31.0 Å². The van der Waals surface area contributed by atoms with Gasteiger partial charge in [-0.1, -0.05) is 37.2 Å². The maximum Gasteiger partial charge on any atom is 0.227 e. The maximum absolute atomic E-state index is 5.32. The van der Waals surface area contributed by atoms with Crippen LogP contribution in [0.2, 0.25) is 0 Å². The molecule has 0 spiro atoms. The Morgan fingerprint density at radius 2 is 2.10 bits per heavy atom. The zero-order chi connectivity index (χ0) is 14.4. The van der Waals surface area contributed by atoms with E-state index in [9.17, 15) is 0 Å². The van der Waals surface area contributed by atoms with E-state index >= 15 is 0 Å². The minimum Gasteiger partial charge on any atom is -0.496 e. The third-order valence-electron chi connectivity index (χ3n) is 2.94. The first kappa shape index (κ1) is 14.5. The Labute approximate surface area is 119 Å². The first-order chi connectivity index (χ1) is 9.69. The summed E-state index contributed by atoms with van der Waals surface area (Å²) in [5.74, 6) is 2.21. The predicted molar refractivity (Wildman–Crippen MR) is 76.9 cm³/mol. The molecule has 0 amide bonds. The molecule has 2 rings (SSSR count). The summed E-state index contributed by atoms with van der Waals surface area (Å²) in [5, 5.41) is 7.34. The van der Waals surface area contributed by atoms with E-state index < -0.39 is 0 Å². The van der Waals surface area contributed by atoms with Gasteiger partial charge in [0.1, 0.15) is 5.75 Å². The Morgan fingerprint density at radius 1 is 1.30 bits per heavy atom. The first-order valence-corrected chi connectivity index (χ1v) is 6.85. The van der Waals surface area contributed by atoms with Gasteiger partial charge < -0.3 is 14.6 Å². The molecule has 0 saturated heterocycles. The van der Waals surface area contributed by atoms with Gasteiger partial charge in [0.2, 0.25) is 5.89 Å². The molecular formula is C15H21N3O2. The van der Waals surface area contributed by atoms with Gasteiger partial charge in [-0.3, -0.25) is 0 Å². The number of hydrogen-bond acceptors (Lipinski definition) is 5. The standard InChI is InChI=1S/C15H21N3O2/c1-11(2)16-9-8-15-17-14(18-20-15)10-12-6-4-5-7-13(12)19-3/h4-7,11,16H,8-10H2,1-3H3. The second-order valence-electron chi connectivity index (χ2n) is 4.95. The van der Waals surface area contributed by atoms with Crippen molar-refractivity contribution in [3.05, 3.63) is 41.5 Å². The molecule has 0 atom stereocenters. The number of rotatable bonds is 7. The highest BCUT2D eigenvalue weighted by atomic mass is 16.5. The van der Waals surface area contributed by atoms with Crippen LogP contribution in [0.25, 0.3) is 0 Å². The van der Waals surface area contributed by atoms with Crippen molar-refractivity contribution >= 4 is 0 Å². The maximum atomic E-state index is 5.32. The summed E-state index contributed by atoms with van der Waals surface area (Å²) >= 11 is 0. The molecule has 20 heavy (non-hydrogen) atoms. The number of nitrogens with zero attached hydrogens (tertiary/aromatic N) is 2. The third kappa shape index (κ3) is 4.06. The van der Waals surface area contributed by atoms with E-state index in [2.05, 4.69) is 29.3 Å². The largest absolute Gasteiger partial charge is 0.496 e. The molecule has 1 N–H and O–H groups in total. The molecule has 5 nitrogen and oxygen atoms in total. The van der Waals surface area contributed by atoms with E-state index in [1.165, 1.54) is 0 Å². The van der Waals surface area contributed by atoms with Crippen LogP contribution in [0.3, 0.4) is 0 Å². The van der Waals surface area contributed by atoms with Crippen molar-refractivity contribution in [1.82, 2.24) is 15.5 Å². The Hall–Kier alpha value is -1.88. The van der Waals surface area contributed by atoms with Crippen molar-refractivity contribution < 1.29 is 9.26 Å². The molecule has 0 aliphatic heterocycles. The molecule has 0 aliphatic rings. The van der Waals surface area contributed by atoms with Gasteiger partial charge in [-0.05, 0) is 6.07 Å². The summed E-state index contributed by atoms with van der Waals surface area (Å²) in [5.41, 5.74) is 1.06. The predicted octanol–water partition coefficient (Wildman–Crippen LogP) is 2.21. The van der Waals surface area contributed by atoms with Crippen molar-refractivity contribution in [1.29, 1.82) is 0 Å². The lowest BCUT2D eigenvalue weighted by atomic mass is 10.1. The fourth-order valence-corrected chi connectivity index (χ4v) is 1.95. The van der Waals surface area contributed by atoms with E-state index in [1.54, 1.807) is 7.11 Å². The molecule has 108 valence electrons. The summed E-state index contributed by atoms with van der Waals surface area (Å²) in [6.07, 6.45) is 1.36. The van der Waals surface area contributed by atoms with Crippen LogP contribution >= 0.6 is 0 Å². The van der Waals surface area contributed by atoms with Gasteiger partial charge in [0.05, 0.1) is 7.11 Å². The molecule has 1 aromatic carbocycles. The van der Waals surface area contributed by atoms with Crippen LogP contribution in [-0.4, -0.2) is 29.8 Å². The van der Waals surface area contributed by atoms with Gasteiger partial charge in [-0.15, -0.1) is 0 Å².